The third kappa shape index (κ3) is 3.91. The number of benzene rings is 1. The monoisotopic (exact) mass is 406 g/mol. The van der Waals surface area contributed by atoms with Crippen LogP contribution in [0.5, 0.6) is 0 Å². The van der Waals surface area contributed by atoms with E-state index in [1.807, 2.05) is 13.8 Å². The van der Waals surface area contributed by atoms with E-state index in [0.717, 1.165) is 16.0 Å². The molecule has 2 heterocycles. The lowest BCUT2D eigenvalue weighted by molar-refractivity contribution is -0.140. The van der Waals surface area contributed by atoms with Crippen molar-refractivity contribution in [3.05, 3.63) is 45.3 Å². The molecule has 0 saturated heterocycles. The van der Waals surface area contributed by atoms with Gasteiger partial charge in [0.25, 0.3) is 5.56 Å². The standard InChI is InChI=1S/C19H19FN2O3S2/c1-4-22-18(24)16-15(12-5-7-13(20)8-6-12)11(2)27-17(16)21-19(22)26-10-9-14(23)25-3/h5-8H,4,9-10H2,1-3H3. The van der Waals surface area contributed by atoms with Gasteiger partial charge in [-0.25, -0.2) is 9.37 Å². The first-order valence-electron chi connectivity index (χ1n) is 8.45. The number of aromatic nitrogens is 2. The molecule has 5 nitrogen and oxygen atoms in total. The molecule has 0 spiro atoms. The van der Waals surface area contributed by atoms with E-state index in [0.29, 0.717) is 27.7 Å². The van der Waals surface area contributed by atoms with E-state index in [1.165, 1.54) is 42.3 Å². The second-order valence-electron chi connectivity index (χ2n) is 5.84. The van der Waals surface area contributed by atoms with Crippen LogP contribution in [0.1, 0.15) is 18.2 Å². The number of thioether (sulfide) groups is 1. The highest BCUT2D eigenvalue weighted by Gasteiger charge is 2.19. The number of ether oxygens (including phenoxy) is 1. The van der Waals surface area contributed by atoms with Crippen molar-refractivity contribution in [2.75, 3.05) is 12.9 Å². The van der Waals surface area contributed by atoms with Crippen molar-refractivity contribution in [2.45, 2.75) is 32.0 Å². The maximum atomic E-state index is 13.3. The van der Waals surface area contributed by atoms with Crippen LogP contribution in [0.15, 0.2) is 34.2 Å². The number of esters is 1. The molecule has 0 bridgehead atoms. The van der Waals surface area contributed by atoms with Gasteiger partial charge in [-0.05, 0) is 31.5 Å². The number of hydrogen-bond donors (Lipinski definition) is 0. The van der Waals surface area contributed by atoms with E-state index in [1.54, 1.807) is 16.7 Å². The number of nitrogens with zero attached hydrogens (tertiary/aromatic N) is 2. The van der Waals surface area contributed by atoms with Crippen molar-refractivity contribution < 1.29 is 13.9 Å². The zero-order valence-electron chi connectivity index (χ0n) is 15.2. The second kappa shape index (κ2) is 8.22. The van der Waals surface area contributed by atoms with Crippen LogP contribution < -0.4 is 5.56 Å². The summed E-state index contributed by atoms with van der Waals surface area (Å²) < 4.78 is 19.5. The number of methoxy groups -OCH3 is 1. The number of carbonyl (C=O) groups excluding carboxylic acids is 1. The molecule has 0 fully saturated rings. The highest BCUT2D eigenvalue weighted by atomic mass is 32.2. The fourth-order valence-corrected chi connectivity index (χ4v) is 4.93. The largest absolute Gasteiger partial charge is 0.469 e. The summed E-state index contributed by atoms with van der Waals surface area (Å²) in [6, 6.07) is 6.14. The number of aryl methyl sites for hydroxylation is 1. The van der Waals surface area contributed by atoms with Gasteiger partial charge in [-0.1, -0.05) is 23.9 Å². The predicted molar refractivity (Wildman–Crippen MR) is 107 cm³/mol. The molecule has 0 unspecified atom stereocenters. The van der Waals surface area contributed by atoms with E-state index >= 15 is 0 Å². The summed E-state index contributed by atoms with van der Waals surface area (Å²) in [6.07, 6.45) is 0.253. The Morgan fingerprint density at radius 2 is 2.04 bits per heavy atom. The predicted octanol–water partition coefficient (Wildman–Crippen LogP) is 4.25. The van der Waals surface area contributed by atoms with Crippen LogP contribution in [0.3, 0.4) is 0 Å². The van der Waals surface area contributed by atoms with E-state index in [2.05, 4.69) is 9.72 Å². The lowest BCUT2D eigenvalue weighted by atomic mass is 10.0. The summed E-state index contributed by atoms with van der Waals surface area (Å²) in [5.41, 5.74) is 1.49. The molecule has 0 N–H and O–H groups in total. The van der Waals surface area contributed by atoms with Crippen LogP contribution in [0, 0.1) is 12.7 Å². The zero-order valence-corrected chi connectivity index (χ0v) is 16.9. The van der Waals surface area contributed by atoms with Gasteiger partial charge < -0.3 is 4.74 Å². The highest BCUT2D eigenvalue weighted by molar-refractivity contribution is 7.99. The van der Waals surface area contributed by atoms with Crippen molar-refractivity contribution in [2.24, 2.45) is 0 Å². The second-order valence-corrected chi connectivity index (χ2v) is 8.10. The minimum atomic E-state index is -0.315. The summed E-state index contributed by atoms with van der Waals surface area (Å²) in [6.45, 7) is 4.29. The van der Waals surface area contributed by atoms with Crippen LogP contribution in [0.2, 0.25) is 0 Å². The minimum Gasteiger partial charge on any atom is -0.469 e. The van der Waals surface area contributed by atoms with Crippen molar-refractivity contribution in [1.29, 1.82) is 0 Å². The van der Waals surface area contributed by atoms with Crippen LogP contribution >= 0.6 is 23.1 Å². The molecule has 3 aromatic rings. The van der Waals surface area contributed by atoms with E-state index < -0.39 is 0 Å². The highest BCUT2D eigenvalue weighted by Crippen LogP contribution is 2.36. The summed E-state index contributed by atoms with van der Waals surface area (Å²) in [5.74, 6) is -0.122. The topological polar surface area (TPSA) is 61.2 Å². The molecule has 2 aromatic heterocycles. The molecule has 0 saturated carbocycles. The van der Waals surface area contributed by atoms with Crippen LogP contribution in [-0.2, 0) is 16.1 Å². The van der Waals surface area contributed by atoms with Gasteiger partial charge in [-0.15, -0.1) is 11.3 Å². The molecule has 0 aliphatic rings. The van der Waals surface area contributed by atoms with Crippen molar-refractivity contribution >= 4 is 39.3 Å². The Kier molecular flexibility index (Phi) is 5.96. The molecular weight excluding hydrogens is 387 g/mol. The van der Waals surface area contributed by atoms with Gasteiger partial charge in [0.05, 0.1) is 18.9 Å². The molecule has 0 aliphatic carbocycles. The maximum absolute atomic E-state index is 13.3. The van der Waals surface area contributed by atoms with Gasteiger partial charge in [0.1, 0.15) is 10.6 Å². The van der Waals surface area contributed by atoms with Crippen LogP contribution in [-0.4, -0.2) is 28.4 Å². The smallest absolute Gasteiger partial charge is 0.306 e. The quantitative estimate of drug-likeness (QED) is 0.348. The average molecular weight is 407 g/mol. The van der Waals surface area contributed by atoms with Gasteiger partial charge in [0.15, 0.2) is 5.16 Å². The fourth-order valence-electron chi connectivity index (χ4n) is 2.86. The Hall–Kier alpha value is -2.19. The number of halogens is 1. The van der Waals surface area contributed by atoms with Gasteiger partial charge in [0, 0.05) is 22.7 Å². The SMILES string of the molecule is CCn1c(SCCC(=O)OC)nc2sc(C)c(-c3ccc(F)cc3)c2c1=O. The van der Waals surface area contributed by atoms with Gasteiger partial charge in [-0.2, -0.15) is 0 Å². The fraction of sp³-hybridized carbons (Fsp3) is 0.316. The molecule has 0 atom stereocenters. The van der Waals surface area contributed by atoms with Crippen LogP contribution in [0.4, 0.5) is 4.39 Å². The molecule has 27 heavy (non-hydrogen) atoms. The first-order chi connectivity index (χ1) is 13.0. The van der Waals surface area contributed by atoms with Gasteiger partial charge in [-0.3, -0.25) is 14.2 Å². The van der Waals surface area contributed by atoms with Crippen molar-refractivity contribution in [1.82, 2.24) is 9.55 Å². The normalized spacial score (nSPS) is 11.1. The molecule has 0 radical (unpaired) electrons. The third-order valence-corrected chi connectivity index (χ3v) is 6.14. The lowest BCUT2D eigenvalue weighted by Gasteiger charge is -2.10. The summed E-state index contributed by atoms with van der Waals surface area (Å²) in [4.78, 5) is 30.8. The lowest BCUT2D eigenvalue weighted by Crippen LogP contribution is -2.22. The number of hydrogen-bond acceptors (Lipinski definition) is 6. The number of carbonyl (C=O) groups is 1. The molecular formula is C19H19FN2O3S2. The Bertz CT molecular complexity index is 1040. The first kappa shape index (κ1) is 19.6. The third-order valence-electron chi connectivity index (χ3n) is 4.17. The number of rotatable bonds is 6. The van der Waals surface area contributed by atoms with Crippen molar-refractivity contribution in [3.8, 4) is 11.1 Å². The average Bonchev–Trinajstić information content (AvgIpc) is 2.98. The Labute approximate surface area is 164 Å². The van der Waals surface area contributed by atoms with Gasteiger partial charge in [0.2, 0.25) is 0 Å². The van der Waals surface area contributed by atoms with Crippen LogP contribution in [0.25, 0.3) is 21.3 Å². The Balaban J connectivity index is 2.09. The molecule has 0 amide bonds. The van der Waals surface area contributed by atoms with E-state index in [4.69, 9.17) is 0 Å². The summed E-state index contributed by atoms with van der Waals surface area (Å²) in [7, 11) is 1.35. The molecule has 3 rings (SSSR count). The number of fused-ring (bicyclic) bond motifs is 1. The molecule has 142 valence electrons. The van der Waals surface area contributed by atoms with Crippen molar-refractivity contribution in [3.63, 3.8) is 0 Å². The Morgan fingerprint density at radius 1 is 1.33 bits per heavy atom. The van der Waals surface area contributed by atoms with E-state index in [-0.39, 0.29) is 23.8 Å². The zero-order chi connectivity index (χ0) is 19.6. The minimum absolute atomic E-state index is 0.119. The molecule has 1 aromatic carbocycles. The Morgan fingerprint density at radius 3 is 2.67 bits per heavy atom. The van der Waals surface area contributed by atoms with Gasteiger partial charge >= 0.3 is 5.97 Å². The summed E-state index contributed by atoms with van der Waals surface area (Å²) in [5, 5.41) is 1.15. The maximum Gasteiger partial charge on any atom is 0.306 e. The molecule has 8 heteroatoms. The first-order valence-corrected chi connectivity index (χ1v) is 10.3. The number of thiophene rings is 1. The summed E-state index contributed by atoms with van der Waals surface area (Å²) >= 11 is 2.81. The molecule has 0 aliphatic heterocycles. The van der Waals surface area contributed by atoms with E-state index in [9.17, 15) is 14.0 Å².